The topological polar surface area (TPSA) is 30.0 Å². The third-order valence-corrected chi connectivity index (χ3v) is 3.92. The molecule has 2 nitrogen and oxygen atoms in total. The molecule has 0 amide bonds. The molecule has 0 aliphatic rings. The average molecular weight is 280 g/mol. The Hall–Kier alpha value is -1.19. The van der Waals surface area contributed by atoms with Gasteiger partial charge >= 0.3 is 0 Å². The maximum Gasteiger partial charge on any atom is 0.169 e. The van der Waals surface area contributed by atoms with E-state index in [1.807, 2.05) is 24.3 Å². The molecule has 0 saturated heterocycles. The predicted octanol–water partition coefficient (Wildman–Crippen LogP) is 4.47. The van der Waals surface area contributed by atoms with E-state index in [-0.39, 0.29) is 0 Å². The molecule has 0 aliphatic heterocycles. The largest absolute Gasteiger partial charge is 0.296 e. The van der Waals surface area contributed by atoms with Crippen LogP contribution >= 0.6 is 22.9 Å². The summed E-state index contributed by atoms with van der Waals surface area (Å²) in [6, 6.07) is 7.52. The minimum atomic E-state index is 0.516. The number of hydrogen-bond donors (Lipinski definition) is 0. The zero-order valence-electron chi connectivity index (χ0n) is 10.3. The van der Waals surface area contributed by atoms with Gasteiger partial charge < -0.3 is 0 Å². The zero-order valence-corrected chi connectivity index (χ0v) is 11.9. The van der Waals surface area contributed by atoms with Gasteiger partial charge in [-0.05, 0) is 24.5 Å². The minimum absolute atomic E-state index is 0.516. The number of rotatable bonds is 4. The molecule has 0 unspecified atom stereocenters. The summed E-state index contributed by atoms with van der Waals surface area (Å²) in [5.41, 5.74) is 1.57. The van der Waals surface area contributed by atoms with Gasteiger partial charge in [0.2, 0.25) is 0 Å². The van der Waals surface area contributed by atoms with Crippen LogP contribution < -0.4 is 0 Å². The predicted molar refractivity (Wildman–Crippen MR) is 76.5 cm³/mol. The molecule has 0 radical (unpaired) electrons. The summed E-state index contributed by atoms with van der Waals surface area (Å²) in [4.78, 5) is 16.5. The highest BCUT2D eigenvalue weighted by atomic mass is 35.5. The van der Waals surface area contributed by atoms with E-state index in [9.17, 15) is 4.79 Å². The highest BCUT2D eigenvalue weighted by Gasteiger charge is 2.13. The maximum absolute atomic E-state index is 11.0. The first kappa shape index (κ1) is 13.2. The fourth-order valence-corrected chi connectivity index (χ4v) is 3.06. The molecule has 2 aromatic rings. The number of carbonyl (C=O) groups excluding carboxylic acids is 1. The number of aldehydes is 1. The van der Waals surface area contributed by atoms with Crippen LogP contribution in [-0.4, -0.2) is 11.3 Å². The van der Waals surface area contributed by atoms with Gasteiger partial charge in [0.05, 0.1) is 0 Å². The van der Waals surface area contributed by atoms with E-state index in [0.29, 0.717) is 16.6 Å². The Kier molecular flexibility index (Phi) is 4.15. The van der Waals surface area contributed by atoms with Gasteiger partial charge in [-0.1, -0.05) is 37.6 Å². The Morgan fingerprint density at radius 2 is 2.00 bits per heavy atom. The molecule has 1 aromatic carbocycles. The lowest BCUT2D eigenvalue weighted by Gasteiger charge is -2.00. The van der Waals surface area contributed by atoms with Crippen LogP contribution in [0.3, 0.4) is 0 Å². The van der Waals surface area contributed by atoms with E-state index in [2.05, 4.69) is 18.8 Å². The average Bonchev–Trinajstić information content (AvgIpc) is 2.72. The van der Waals surface area contributed by atoms with Gasteiger partial charge in [0.1, 0.15) is 10.7 Å². The van der Waals surface area contributed by atoms with E-state index in [1.165, 1.54) is 0 Å². The van der Waals surface area contributed by atoms with Gasteiger partial charge in [-0.15, -0.1) is 11.3 Å². The fourth-order valence-electron chi connectivity index (χ4n) is 1.69. The van der Waals surface area contributed by atoms with Crippen molar-refractivity contribution >= 4 is 29.2 Å². The molecule has 2 rings (SSSR count). The number of carbonyl (C=O) groups is 1. The molecular formula is C14H14ClNOS. The van der Waals surface area contributed by atoms with Gasteiger partial charge in [0.15, 0.2) is 6.29 Å². The number of hydrogen-bond acceptors (Lipinski definition) is 3. The van der Waals surface area contributed by atoms with Crippen molar-refractivity contribution in [3.63, 3.8) is 0 Å². The number of aromatic nitrogens is 1. The van der Waals surface area contributed by atoms with Gasteiger partial charge in [-0.25, -0.2) is 4.98 Å². The second-order valence-corrected chi connectivity index (χ2v) is 6.07. The zero-order chi connectivity index (χ0) is 13.1. The van der Waals surface area contributed by atoms with Gasteiger partial charge in [-0.2, -0.15) is 0 Å². The molecule has 1 heterocycles. The monoisotopic (exact) mass is 279 g/mol. The lowest BCUT2D eigenvalue weighted by Crippen LogP contribution is -1.95. The van der Waals surface area contributed by atoms with Crippen LogP contribution in [0.5, 0.6) is 0 Å². The van der Waals surface area contributed by atoms with E-state index in [1.54, 1.807) is 11.3 Å². The lowest BCUT2D eigenvalue weighted by molar-refractivity contribution is 0.111. The first-order valence-electron chi connectivity index (χ1n) is 5.81. The second kappa shape index (κ2) is 5.63. The molecule has 0 saturated carbocycles. The molecule has 0 atom stereocenters. The Balaban J connectivity index is 2.37. The standard InChI is InChI=1S/C14H14ClNOS/c1-9(2)7-13-12(8-17)16-14(18-13)10-3-5-11(15)6-4-10/h3-6,8-9H,7H2,1-2H3. The first-order chi connectivity index (χ1) is 8.60. The maximum atomic E-state index is 11.0. The van der Waals surface area contributed by atoms with Crippen molar-refractivity contribution < 1.29 is 4.79 Å². The normalized spacial score (nSPS) is 10.9. The van der Waals surface area contributed by atoms with Crippen molar-refractivity contribution in [3.8, 4) is 10.6 Å². The van der Waals surface area contributed by atoms with E-state index in [0.717, 1.165) is 28.2 Å². The summed E-state index contributed by atoms with van der Waals surface area (Å²) in [6.45, 7) is 4.27. The highest BCUT2D eigenvalue weighted by Crippen LogP contribution is 2.29. The Bertz CT molecular complexity index is 545. The smallest absolute Gasteiger partial charge is 0.169 e. The lowest BCUT2D eigenvalue weighted by atomic mass is 10.1. The summed E-state index contributed by atoms with van der Waals surface area (Å²) >= 11 is 7.44. The van der Waals surface area contributed by atoms with Crippen molar-refractivity contribution in [2.24, 2.45) is 5.92 Å². The van der Waals surface area contributed by atoms with Crippen molar-refractivity contribution in [1.82, 2.24) is 4.98 Å². The first-order valence-corrected chi connectivity index (χ1v) is 7.00. The van der Waals surface area contributed by atoms with Gasteiger partial charge in [0, 0.05) is 15.5 Å². The second-order valence-electron chi connectivity index (χ2n) is 4.55. The number of halogens is 1. The molecule has 4 heteroatoms. The SMILES string of the molecule is CC(C)Cc1sc(-c2ccc(Cl)cc2)nc1C=O. The van der Waals surface area contributed by atoms with E-state index < -0.39 is 0 Å². The summed E-state index contributed by atoms with van der Waals surface area (Å²) in [5, 5.41) is 1.58. The van der Waals surface area contributed by atoms with E-state index >= 15 is 0 Å². The molecule has 0 bridgehead atoms. The molecule has 18 heavy (non-hydrogen) atoms. The summed E-state index contributed by atoms with van der Waals surface area (Å²) in [5.74, 6) is 0.516. The molecule has 0 spiro atoms. The molecule has 94 valence electrons. The van der Waals surface area contributed by atoms with Gasteiger partial charge in [-0.3, -0.25) is 4.79 Å². The van der Waals surface area contributed by atoms with Crippen LogP contribution in [0.2, 0.25) is 5.02 Å². The van der Waals surface area contributed by atoms with Crippen LogP contribution in [0.1, 0.15) is 29.2 Å². The van der Waals surface area contributed by atoms with Crippen LogP contribution in [0.15, 0.2) is 24.3 Å². The summed E-state index contributed by atoms with van der Waals surface area (Å²) in [7, 11) is 0. The molecular weight excluding hydrogens is 266 g/mol. The Morgan fingerprint density at radius 1 is 1.33 bits per heavy atom. The minimum Gasteiger partial charge on any atom is -0.296 e. The van der Waals surface area contributed by atoms with Gasteiger partial charge in [0.25, 0.3) is 0 Å². The van der Waals surface area contributed by atoms with Crippen molar-refractivity contribution in [2.45, 2.75) is 20.3 Å². The highest BCUT2D eigenvalue weighted by molar-refractivity contribution is 7.15. The van der Waals surface area contributed by atoms with Crippen LogP contribution in [0.25, 0.3) is 10.6 Å². The fraction of sp³-hybridized carbons (Fsp3) is 0.286. The molecule has 0 fully saturated rings. The van der Waals surface area contributed by atoms with Crippen molar-refractivity contribution in [3.05, 3.63) is 39.9 Å². The third-order valence-electron chi connectivity index (χ3n) is 2.52. The number of nitrogens with zero attached hydrogens (tertiary/aromatic N) is 1. The molecule has 0 N–H and O–H groups in total. The van der Waals surface area contributed by atoms with Crippen LogP contribution in [-0.2, 0) is 6.42 Å². The van der Waals surface area contributed by atoms with Crippen LogP contribution in [0, 0.1) is 5.92 Å². The third kappa shape index (κ3) is 2.98. The van der Waals surface area contributed by atoms with E-state index in [4.69, 9.17) is 11.6 Å². The summed E-state index contributed by atoms with van der Waals surface area (Å²) < 4.78 is 0. The van der Waals surface area contributed by atoms with Crippen molar-refractivity contribution in [1.29, 1.82) is 0 Å². The quantitative estimate of drug-likeness (QED) is 0.773. The van der Waals surface area contributed by atoms with Crippen molar-refractivity contribution in [2.75, 3.05) is 0 Å². The molecule has 1 aromatic heterocycles. The number of thiazole rings is 1. The van der Waals surface area contributed by atoms with Crippen LogP contribution in [0.4, 0.5) is 0 Å². The molecule has 0 aliphatic carbocycles. The Labute approximate surface area is 116 Å². The Morgan fingerprint density at radius 3 is 2.56 bits per heavy atom. The number of benzene rings is 1. The summed E-state index contributed by atoms with van der Waals surface area (Å²) in [6.07, 6.45) is 1.73.